The molecule has 0 radical (unpaired) electrons. The maximum Gasteiger partial charge on any atom is 0.257 e. The maximum absolute atomic E-state index is 13.8. The Morgan fingerprint density at radius 3 is 2.67 bits per heavy atom. The molecule has 4 heteroatoms. The lowest BCUT2D eigenvalue weighted by atomic mass is 10.1. The van der Waals surface area contributed by atoms with Gasteiger partial charge in [-0.1, -0.05) is 6.07 Å². The van der Waals surface area contributed by atoms with E-state index in [2.05, 4.69) is 0 Å². The van der Waals surface area contributed by atoms with Gasteiger partial charge < -0.3 is 9.64 Å². The monoisotopic (exact) mass is 253 g/mol. The van der Waals surface area contributed by atoms with Gasteiger partial charge in [-0.15, -0.1) is 0 Å². The Labute approximate surface area is 108 Å². The smallest absolute Gasteiger partial charge is 0.257 e. The van der Waals surface area contributed by atoms with E-state index < -0.39 is 5.82 Å². The number of carbonyl (C=O) groups excluding carboxylic acids is 1. The molecule has 3 nitrogen and oxygen atoms in total. The summed E-state index contributed by atoms with van der Waals surface area (Å²) in [4.78, 5) is 13.9. The van der Waals surface area contributed by atoms with E-state index in [0.717, 1.165) is 5.56 Å². The van der Waals surface area contributed by atoms with Crippen LogP contribution in [0.2, 0.25) is 0 Å². The van der Waals surface area contributed by atoms with E-state index >= 15 is 0 Å². The summed E-state index contributed by atoms with van der Waals surface area (Å²) in [6, 6.07) is 4.58. The quantitative estimate of drug-likeness (QED) is 0.807. The Hall–Kier alpha value is -1.42. The van der Waals surface area contributed by atoms with E-state index in [1.54, 1.807) is 25.0 Å². The van der Waals surface area contributed by atoms with Gasteiger partial charge in [0.15, 0.2) is 0 Å². The first kappa shape index (κ1) is 14.6. The van der Waals surface area contributed by atoms with Gasteiger partial charge >= 0.3 is 0 Å². The molecule has 1 unspecified atom stereocenters. The Morgan fingerprint density at radius 2 is 2.17 bits per heavy atom. The number of methoxy groups -OCH3 is 1. The number of likely N-dealkylation sites (N-methyl/N-ethyl adjacent to an activating group) is 1. The van der Waals surface area contributed by atoms with Crippen molar-refractivity contribution in [2.24, 2.45) is 0 Å². The molecule has 0 aliphatic rings. The van der Waals surface area contributed by atoms with Crippen molar-refractivity contribution in [3.05, 3.63) is 35.1 Å². The summed E-state index contributed by atoms with van der Waals surface area (Å²) in [6.07, 6.45) is 0. The molecule has 100 valence electrons. The molecule has 0 fully saturated rings. The first-order chi connectivity index (χ1) is 8.51. The Morgan fingerprint density at radius 1 is 1.50 bits per heavy atom. The molecule has 0 saturated heterocycles. The highest BCUT2D eigenvalue weighted by Crippen LogP contribution is 2.14. The van der Waals surface area contributed by atoms with Crippen LogP contribution in [-0.2, 0) is 4.74 Å². The van der Waals surface area contributed by atoms with Crippen LogP contribution >= 0.6 is 0 Å². The molecule has 1 aromatic carbocycles. The predicted octanol–water partition coefficient (Wildman–Crippen LogP) is 2.63. The maximum atomic E-state index is 13.8. The van der Waals surface area contributed by atoms with Gasteiger partial charge in [-0.05, 0) is 38.5 Å². The van der Waals surface area contributed by atoms with Crippen LogP contribution in [-0.4, -0.2) is 37.1 Å². The topological polar surface area (TPSA) is 29.5 Å². The van der Waals surface area contributed by atoms with Crippen molar-refractivity contribution >= 4 is 5.91 Å². The Kier molecular flexibility index (Phi) is 5.28. The minimum absolute atomic E-state index is 0.0757. The molecule has 0 aromatic heterocycles. The SMILES string of the molecule is CCN(C(=O)c1ccc(C)cc1F)C(C)COC. The van der Waals surface area contributed by atoms with Crippen LogP contribution in [0.1, 0.15) is 29.8 Å². The van der Waals surface area contributed by atoms with Crippen molar-refractivity contribution in [1.82, 2.24) is 4.90 Å². The average Bonchev–Trinajstić information content (AvgIpc) is 2.29. The van der Waals surface area contributed by atoms with E-state index in [0.29, 0.717) is 13.2 Å². The molecule has 1 aromatic rings. The number of nitrogens with zero attached hydrogens (tertiary/aromatic N) is 1. The normalized spacial score (nSPS) is 12.3. The van der Waals surface area contributed by atoms with Crippen LogP contribution in [0.5, 0.6) is 0 Å². The van der Waals surface area contributed by atoms with E-state index in [-0.39, 0.29) is 17.5 Å². The molecule has 1 amide bonds. The molecule has 0 saturated carbocycles. The predicted molar refractivity (Wildman–Crippen MR) is 69.2 cm³/mol. The molecular weight excluding hydrogens is 233 g/mol. The van der Waals surface area contributed by atoms with Gasteiger partial charge in [0.1, 0.15) is 5.82 Å². The molecule has 1 rings (SSSR count). The number of hydrogen-bond acceptors (Lipinski definition) is 2. The van der Waals surface area contributed by atoms with Gasteiger partial charge in [-0.3, -0.25) is 4.79 Å². The lowest BCUT2D eigenvalue weighted by Gasteiger charge is -2.27. The third kappa shape index (κ3) is 3.29. The summed E-state index contributed by atoms with van der Waals surface area (Å²) >= 11 is 0. The van der Waals surface area contributed by atoms with Gasteiger partial charge in [0.25, 0.3) is 5.91 Å². The summed E-state index contributed by atoms with van der Waals surface area (Å²) < 4.78 is 18.8. The number of ether oxygens (including phenoxy) is 1. The third-order valence-electron chi connectivity index (χ3n) is 2.90. The first-order valence-corrected chi connectivity index (χ1v) is 6.07. The van der Waals surface area contributed by atoms with E-state index in [4.69, 9.17) is 4.74 Å². The summed E-state index contributed by atoms with van der Waals surface area (Å²) in [5, 5.41) is 0. The van der Waals surface area contributed by atoms with Crippen LogP contribution in [0.3, 0.4) is 0 Å². The largest absolute Gasteiger partial charge is 0.383 e. The number of hydrogen-bond donors (Lipinski definition) is 0. The minimum atomic E-state index is -0.469. The summed E-state index contributed by atoms with van der Waals surface area (Å²) in [5.74, 6) is -0.761. The van der Waals surface area contributed by atoms with Crippen molar-refractivity contribution in [2.45, 2.75) is 26.8 Å². The lowest BCUT2D eigenvalue weighted by molar-refractivity contribution is 0.0575. The Balaban J connectivity index is 2.96. The number of halogens is 1. The highest BCUT2D eigenvalue weighted by atomic mass is 19.1. The van der Waals surface area contributed by atoms with Gasteiger partial charge in [-0.2, -0.15) is 0 Å². The Bertz CT molecular complexity index is 420. The zero-order valence-electron chi connectivity index (χ0n) is 11.4. The highest BCUT2D eigenvalue weighted by Gasteiger charge is 2.22. The zero-order valence-corrected chi connectivity index (χ0v) is 11.4. The van der Waals surface area contributed by atoms with Crippen LogP contribution in [0.4, 0.5) is 4.39 Å². The second-order valence-electron chi connectivity index (χ2n) is 4.38. The second-order valence-corrected chi connectivity index (χ2v) is 4.38. The fourth-order valence-electron chi connectivity index (χ4n) is 1.93. The van der Waals surface area contributed by atoms with Gasteiger partial charge in [0, 0.05) is 13.7 Å². The zero-order chi connectivity index (χ0) is 13.7. The van der Waals surface area contributed by atoms with Crippen LogP contribution in [0.25, 0.3) is 0 Å². The van der Waals surface area contributed by atoms with Crippen molar-refractivity contribution in [2.75, 3.05) is 20.3 Å². The van der Waals surface area contributed by atoms with Crippen LogP contribution < -0.4 is 0 Å². The van der Waals surface area contributed by atoms with Crippen LogP contribution in [0, 0.1) is 12.7 Å². The van der Waals surface area contributed by atoms with Gasteiger partial charge in [-0.25, -0.2) is 4.39 Å². The highest BCUT2D eigenvalue weighted by molar-refractivity contribution is 5.94. The lowest BCUT2D eigenvalue weighted by Crippen LogP contribution is -2.41. The molecule has 0 heterocycles. The molecule has 1 atom stereocenters. The number of amides is 1. The molecule has 0 N–H and O–H groups in total. The fraction of sp³-hybridized carbons (Fsp3) is 0.500. The third-order valence-corrected chi connectivity index (χ3v) is 2.90. The molecule has 18 heavy (non-hydrogen) atoms. The van der Waals surface area contributed by atoms with Crippen LogP contribution in [0.15, 0.2) is 18.2 Å². The summed E-state index contributed by atoms with van der Waals surface area (Å²) in [6.45, 7) is 6.51. The average molecular weight is 253 g/mol. The molecular formula is C14H20FNO2. The van der Waals surface area contributed by atoms with Crippen molar-refractivity contribution < 1.29 is 13.9 Å². The molecule has 0 aliphatic carbocycles. The van der Waals surface area contributed by atoms with E-state index in [9.17, 15) is 9.18 Å². The first-order valence-electron chi connectivity index (χ1n) is 6.07. The molecule has 0 aliphatic heterocycles. The summed E-state index contributed by atoms with van der Waals surface area (Å²) in [5.41, 5.74) is 0.919. The summed E-state index contributed by atoms with van der Waals surface area (Å²) in [7, 11) is 1.58. The number of carbonyl (C=O) groups is 1. The standard InChI is InChI=1S/C14H20FNO2/c1-5-16(11(3)9-18-4)14(17)12-7-6-10(2)8-13(12)15/h6-8,11H,5,9H2,1-4H3. The number of benzene rings is 1. The fourth-order valence-corrected chi connectivity index (χ4v) is 1.93. The van der Waals surface area contributed by atoms with Crippen molar-refractivity contribution in [3.8, 4) is 0 Å². The van der Waals surface area contributed by atoms with Gasteiger partial charge in [0.05, 0.1) is 18.2 Å². The van der Waals surface area contributed by atoms with Gasteiger partial charge in [0.2, 0.25) is 0 Å². The molecule has 0 bridgehead atoms. The van der Waals surface area contributed by atoms with Crippen molar-refractivity contribution in [1.29, 1.82) is 0 Å². The number of aryl methyl sites for hydroxylation is 1. The second kappa shape index (κ2) is 6.50. The number of rotatable bonds is 5. The van der Waals surface area contributed by atoms with E-state index in [1.165, 1.54) is 12.1 Å². The van der Waals surface area contributed by atoms with E-state index in [1.807, 2.05) is 13.8 Å². The minimum Gasteiger partial charge on any atom is -0.383 e. The van der Waals surface area contributed by atoms with Crippen molar-refractivity contribution in [3.63, 3.8) is 0 Å². The molecule has 0 spiro atoms.